The van der Waals surface area contributed by atoms with Gasteiger partial charge in [0.05, 0.1) is 12.3 Å². The molecule has 1 aliphatic rings. The fraction of sp³-hybridized carbons (Fsp3) is 0.450. The number of aryl methyl sites for hydroxylation is 2. The van der Waals surface area contributed by atoms with Crippen LogP contribution in [0.3, 0.4) is 0 Å². The van der Waals surface area contributed by atoms with Crippen LogP contribution >= 0.6 is 12.2 Å². The summed E-state index contributed by atoms with van der Waals surface area (Å²) in [4.78, 5) is 2.50. The molecule has 0 bridgehead atoms. The van der Waals surface area contributed by atoms with Crippen molar-refractivity contribution < 1.29 is 4.42 Å². The van der Waals surface area contributed by atoms with Crippen molar-refractivity contribution in [1.29, 1.82) is 0 Å². The Morgan fingerprint density at radius 2 is 2.00 bits per heavy atom. The van der Waals surface area contributed by atoms with Gasteiger partial charge in [-0.25, -0.2) is 0 Å². The van der Waals surface area contributed by atoms with Crippen molar-refractivity contribution in [2.45, 2.75) is 39.2 Å². The Morgan fingerprint density at radius 3 is 2.72 bits per heavy atom. The molecule has 4 nitrogen and oxygen atoms in total. The topological polar surface area (TPSA) is 40.4 Å². The van der Waals surface area contributed by atoms with Crippen LogP contribution in [0.15, 0.2) is 41.0 Å². The number of hydrogen-bond donors (Lipinski definition) is 2. The SMILES string of the molecule is Cc1ccc(C)c(NC(=S)NCC(c2ccco2)N2CCCCC2)c1. The molecule has 1 aromatic carbocycles. The molecule has 134 valence electrons. The fourth-order valence-corrected chi connectivity index (χ4v) is 3.54. The van der Waals surface area contributed by atoms with Crippen LogP contribution in [0, 0.1) is 13.8 Å². The minimum Gasteiger partial charge on any atom is -0.468 e. The van der Waals surface area contributed by atoms with E-state index in [1.807, 2.05) is 6.07 Å². The van der Waals surface area contributed by atoms with E-state index in [9.17, 15) is 0 Å². The number of thiocarbonyl (C=S) groups is 1. The zero-order valence-electron chi connectivity index (χ0n) is 15.0. The predicted octanol–water partition coefficient (Wildman–Crippen LogP) is 4.41. The van der Waals surface area contributed by atoms with E-state index < -0.39 is 0 Å². The summed E-state index contributed by atoms with van der Waals surface area (Å²) in [5, 5.41) is 7.36. The maximum absolute atomic E-state index is 5.69. The van der Waals surface area contributed by atoms with Gasteiger partial charge in [-0.15, -0.1) is 0 Å². The second-order valence-electron chi connectivity index (χ2n) is 6.78. The zero-order chi connectivity index (χ0) is 17.6. The summed E-state index contributed by atoms with van der Waals surface area (Å²) in [6.07, 6.45) is 5.57. The molecule has 2 N–H and O–H groups in total. The van der Waals surface area contributed by atoms with E-state index in [1.165, 1.54) is 30.4 Å². The van der Waals surface area contributed by atoms with Gasteiger partial charge in [0, 0.05) is 12.2 Å². The lowest BCUT2D eigenvalue weighted by Crippen LogP contribution is -2.41. The monoisotopic (exact) mass is 357 g/mol. The highest BCUT2D eigenvalue weighted by atomic mass is 32.1. The number of hydrogen-bond acceptors (Lipinski definition) is 3. The maximum atomic E-state index is 5.69. The van der Waals surface area contributed by atoms with Crippen molar-refractivity contribution in [2.75, 3.05) is 25.0 Å². The normalized spacial score (nSPS) is 16.4. The van der Waals surface area contributed by atoms with Crippen LogP contribution in [0.25, 0.3) is 0 Å². The Kier molecular flexibility index (Phi) is 6.10. The third-order valence-corrected chi connectivity index (χ3v) is 5.05. The molecule has 1 fully saturated rings. The summed E-state index contributed by atoms with van der Waals surface area (Å²) < 4.78 is 5.69. The standard InChI is InChI=1S/C20H27N3OS/c1-15-8-9-16(2)17(13-15)22-20(25)21-14-18(19-7-6-12-24-19)23-10-4-3-5-11-23/h6-9,12-13,18H,3-5,10-11,14H2,1-2H3,(H2,21,22,25). The summed E-state index contributed by atoms with van der Waals surface area (Å²) >= 11 is 5.52. The fourth-order valence-electron chi connectivity index (χ4n) is 3.35. The average molecular weight is 358 g/mol. The Bertz CT molecular complexity index is 693. The summed E-state index contributed by atoms with van der Waals surface area (Å²) in [7, 11) is 0. The summed E-state index contributed by atoms with van der Waals surface area (Å²) in [5.41, 5.74) is 3.47. The first kappa shape index (κ1) is 18.0. The van der Waals surface area contributed by atoms with Gasteiger partial charge in [-0.1, -0.05) is 18.6 Å². The van der Waals surface area contributed by atoms with Crippen molar-refractivity contribution in [1.82, 2.24) is 10.2 Å². The minimum atomic E-state index is 0.216. The lowest BCUT2D eigenvalue weighted by atomic mass is 10.1. The van der Waals surface area contributed by atoms with Gasteiger partial charge in [0.25, 0.3) is 0 Å². The number of piperidine rings is 1. The molecule has 0 aliphatic carbocycles. The first-order valence-corrected chi connectivity index (χ1v) is 9.44. The molecular formula is C20H27N3OS. The maximum Gasteiger partial charge on any atom is 0.170 e. The summed E-state index contributed by atoms with van der Waals surface area (Å²) in [6.45, 7) is 7.15. The third-order valence-electron chi connectivity index (χ3n) is 4.80. The molecule has 0 saturated carbocycles. The van der Waals surface area contributed by atoms with E-state index in [0.717, 1.165) is 31.1 Å². The van der Waals surface area contributed by atoms with E-state index in [4.69, 9.17) is 16.6 Å². The number of likely N-dealkylation sites (tertiary alicyclic amines) is 1. The number of nitrogens with one attached hydrogen (secondary N) is 2. The molecule has 5 heteroatoms. The molecule has 2 aromatic rings. The van der Waals surface area contributed by atoms with Gasteiger partial charge in [0.15, 0.2) is 5.11 Å². The molecule has 2 heterocycles. The van der Waals surface area contributed by atoms with E-state index >= 15 is 0 Å². The van der Waals surface area contributed by atoms with Crippen molar-refractivity contribution in [2.24, 2.45) is 0 Å². The Labute approximate surface area is 155 Å². The van der Waals surface area contributed by atoms with Crippen molar-refractivity contribution >= 4 is 23.0 Å². The van der Waals surface area contributed by atoms with Gasteiger partial charge in [-0.05, 0) is 81.3 Å². The van der Waals surface area contributed by atoms with E-state index in [2.05, 4.69) is 53.6 Å². The highest BCUT2D eigenvalue weighted by Crippen LogP contribution is 2.24. The predicted molar refractivity (Wildman–Crippen MR) is 107 cm³/mol. The number of furan rings is 1. The van der Waals surface area contributed by atoms with Gasteiger partial charge in [-0.3, -0.25) is 4.90 Å². The molecular weight excluding hydrogens is 330 g/mol. The number of nitrogens with zero attached hydrogens (tertiary/aromatic N) is 1. The third kappa shape index (κ3) is 4.83. The van der Waals surface area contributed by atoms with Crippen LogP contribution in [-0.2, 0) is 0 Å². The lowest BCUT2D eigenvalue weighted by Gasteiger charge is -2.33. The Hall–Kier alpha value is -1.85. The Balaban J connectivity index is 1.62. The van der Waals surface area contributed by atoms with E-state index in [-0.39, 0.29) is 6.04 Å². The van der Waals surface area contributed by atoms with Crippen LogP contribution in [0.1, 0.15) is 42.2 Å². The highest BCUT2D eigenvalue weighted by molar-refractivity contribution is 7.80. The van der Waals surface area contributed by atoms with Gasteiger partial charge >= 0.3 is 0 Å². The van der Waals surface area contributed by atoms with Gasteiger partial charge in [0.2, 0.25) is 0 Å². The van der Waals surface area contributed by atoms with Crippen LogP contribution in [0.5, 0.6) is 0 Å². The minimum absolute atomic E-state index is 0.216. The van der Waals surface area contributed by atoms with Crippen LogP contribution in [0.4, 0.5) is 5.69 Å². The molecule has 1 atom stereocenters. The van der Waals surface area contributed by atoms with Crippen molar-refractivity contribution in [3.63, 3.8) is 0 Å². The molecule has 1 saturated heterocycles. The van der Waals surface area contributed by atoms with Crippen LogP contribution in [-0.4, -0.2) is 29.6 Å². The lowest BCUT2D eigenvalue weighted by molar-refractivity contribution is 0.146. The average Bonchev–Trinajstić information content (AvgIpc) is 3.14. The summed E-state index contributed by atoms with van der Waals surface area (Å²) in [6, 6.07) is 10.6. The quantitative estimate of drug-likeness (QED) is 0.776. The van der Waals surface area contributed by atoms with E-state index in [1.54, 1.807) is 6.26 Å². The van der Waals surface area contributed by atoms with Crippen LogP contribution in [0.2, 0.25) is 0 Å². The molecule has 3 rings (SSSR count). The molecule has 0 spiro atoms. The zero-order valence-corrected chi connectivity index (χ0v) is 15.9. The van der Waals surface area contributed by atoms with Crippen LogP contribution < -0.4 is 10.6 Å². The van der Waals surface area contributed by atoms with Gasteiger partial charge < -0.3 is 15.1 Å². The van der Waals surface area contributed by atoms with Crippen molar-refractivity contribution in [3.05, 3.63) is 53.5 Å². The largest absolute Gasteiger partial charge is 0.468 e. The highest BCUT2D eigenvalue weighted by Gasteiger charge is 2.24. The first-order chi connectivity index (χ1) is 12.1. The molecule has 25 heavy (non-hydrogen) atoms. The Morgan fingerprint density at radius 1 is 1.20 bits per heavy atom. The molecule has 1 unspecified atom stereocenters. The van der Waals surface area contributed by atoms with Crippen molar-refractivity contribution in [3.8, 4) is 0 Å². The second-order valence-corrected chi connectivity index (χ2v) is 7.19. The smallest absolute Gasteiger partial charge is 0.170 e. The number of rotatable bonds is 5. The number of benzene rings is 1. The van der Waals surface area contributed by atoms with Gasteiger partial charge in [0.1, 0.15) is 5.76 Å². The van der Waals surface area contributed by atoms with Gasteiger partial charge in [-0.2, -0.15) is 0 Å². The number of anilines is 1. The first-order valence-electron chi connectivity index (χ1n) is 9.03. The molecule has 1 aromatic heterocycles. The molecule has 0 radical (unpaired) electrons. The second kappa shape index (κ2) is 8.50. The molecule has 0 amide bonds. The summed E-state index contributed by atoms with van der Waals surface area (Å²) in [5.74, 6) is 1.00. The van der Waals surface area contributed by atoms with E-state index in [0.29, 0.717) is 5.11 Å². The molecule has 1 aliphatic heterocycles.